The Morgan fingerprint density at radius 1 is 0.788 bits per heavy atom. The molecule has 0 spiro atoms. The Balaban J connectivity index is 0.00000523. The Morgan fingerprint density at radius 2 is 1.46 bits per heavy atom. The molecule has 10 heteroatoms. The largest absolute Gasteiger partial charge is 0.493 e. The van der Waals surface area contributed by atoms with Crippen LogP contribution in [0.1, 0.15) is 33.4 Å². The van der Waals surface area contributed by atoms with Gasteiger partial charge in [0.2, 0.25) is 11.8 Å². The van der Waals surface area contributed by atoms with Crippen molar-refractivity contribution >= 4 is 47.6 Å². The highest BCUT2D eigenvalue weighted by molar-refractivity contribution is 6.32. The molecule has 1 aliphatic heterocycles. The number of aryl methyl sites for hydroxylation is 2. The molecule has 0 radical (unpaired) electrons. The number of hydrogen-bond donors (Lipinski definition) is 0. The monoisotopic (exact) mass is 757 g/mol. The Kier molecular flexibility index (Phi) is 14.0. The van der Waals surface area contributed by atoms with Crippen LogP contribution in [-0.2, 0) is 24.4 Å². The fraction of sp³-hybridized carbons (Fsp3) is 0.238. The molecule has 0 atom stereocenters. The minimum absolute atomic E-state index is 0. The van der Waals surface area contributed by atoms with Gasteiger partial charge in [-0.1, -0.05) is 77.3 Å². The number of amides is 1. The van der Waals surface area contributed by atoms with Gasteiger partial charge in [-0.15, -0.1) is 12.4 Å². The van der Waals surface area contributed by atoms with Gasteiger partial charge in [0, 0.05) is 56.3 Å². The van der Waals surface area contributed by atoms with Crippen molar-refractivity contribution in [2.75, 3.05) is 32.8 Å². The SMILES string of the molecule is Cc1ccc(OCCc2ccc(CN3CCN(C(=O)C=Cc4cc(C)c(Oc5ccc(OCc6ccc(Cl)cc6)cn5)c(Cl)c4)CC3)cc2)cc1.Cl. The molecule has 6 rings (SSSR count). The summed E-state index contributed by atoms with van der Waals surface area (Å²) in [6, 6.07) is 31.7. The molecule has 270 valence electrons. The highest BCUT2D eigenvalue weighted by Crippen LogP contribution is 2.34. The lowest BCUT2D eigenvalue weighted by atomic mass is 10.1. The maximum atomic E-state index is 13.0. The molecule has 0 saturated carbocycles. The highest BCUT2D eigenvalue weighted by Gasteiger charge is 2.20. The lowest BCUT2D eigenvalue weighted by Gasteiger charge is -2.34. The third-order valence-corrected chi connectivity index (χ3v) is 9.23. The predicted octanol–water partition coefficient (Wildman–Crippen LogP) is 9.78. The van der Waals surface area contributed by atoms with Crippen molar-refractivity contribution in [1.82, 2.24) is 14.8 Å². The van der Waals surface area contributed by atoms with Gasteiger partial charge in [0.1, 0.15) is 18.1 Å². The lowest BCUT2D eigenvalue weighted by molar-refractivity contribution is -0.127. The Labute approximate surface area is 322 Å². The van der Waals surface area contributed by atoms with Crippen LogP contribution in [0.15, 0.2) is 109 Å². The fourth-order valence-electron chi connectivity index (χ4n) is 5.74. The van der Waals surface area contributed by atoms with E-state index in [4.69, 9.17) is 37.4 Å². The summed E-state index contributed by atoms with van der Waals surface area (Å²) >= 11 is 12.6. The Morgan fingerprint density at radius 3 is 2.13 bits per heavy atom. The average Bonchev–Trinajstić information content (AvgIpc) is 3.14. The summed E-state index contributed by atoms with van der Waals surface area (Å²) in [6.45, 7) is 8.92. The van der Waals surface area contributed by atoms with E-state index in [1.807, 2.05) is 54.3 Å². The number of piperazine rings is 1. The number of hydrogen-bond acceptors (Lipinski definition) is 6. The smallest absolute Gasteiger partial charge is 0.246 e. The molecule has 1 aliphatic rings. The van der Waals surface area contributed by atoms with E-state index >= 15 is 0 Å². The fourth-order valence-corrected chi connectivity index (χ4v) is 6.18. The van der Waals surface area contributed by atoms with E-state index in [-0.39, 0.29) is 18.3 Å². The molecule has 1 saturated heterocycles. The molecular weight excluding hydrogens is 717 g/mol. The summed E-state index contributed by atoms with van der Waals surface area (Å²) in [5.74, 6) is 2.42. The van der Waals surface area contributed by atoms with Gasteiger partial charge in [-0.05, 0) is 90.2 Å². The molecule has 1 fully saturated rings. The van der Waals surface area contributed by atoms with Crippen molar-refractivity contribution in [1.29, 1.82) is 0 Å². The molecular formula is C42H42Cl3N3O4. The van der Waals surface area contributed by atoms with Crippen LogP contribution in [0.2, 0.25) is 10.0 Å². The van der Waals surface area contributed by atoms with Crippen LogP contribution in [0.5, 0.6) is 23.1 Å². The summed E-state index contributed by atoms with van der Waals surface area (Å²) in [5, 5.41) is 1.12. The van der Waals surface area contributed by atoms with Crippen molar-refractivity contribution < 1.29 is 19.0 Å². The maximum Gasteiger partial charge on any atom is 0.246 e. The first-order valence-electron chi connectivity index (χ1n) is 17.1. The molecule has 4 aromatic carbocycles. The molecule has 2 heterocycles. The quantitative estimate of drug-likeness (QED) is 0.112. The zero-order valence-corrected chi connectivity index (χ0v) is 31.6. The minimum Gasteiger partial charge on any atom is -0.493 e. The van der Waals surface area contributed by atoms with Crippen LogP contribution in [-0.4, -0.2) is 53.5 Å². The van der Waals surface area contributed by atoms with Gasteiger partial charge in [-0.25, -0.2) is 4.98 Å². The molecule has 1 aromatic heterocycles. The number of carbonyl (C=O) groups excluding carboxylic acids is 1. The number of carbonyl (C=O) groups is 1. The standard InChI is InChI=1S/C42H41Cl2N3O4.ClH/c1-30-3-14-37(15-4-30)49-24-19-32-5-7-33(8-6-32)28-46-20-22-47(23-21-46)41(48)18-11-35-25-31(2)42(39(44)26-35)51-40-17-16-38(27-45-40)50-29-34-9-12-36(43)13-10-34;/h3-18,25-27H,19-24,28-29H2,1-2H3;1H. The van der Waals surface area contributed by atoms with Crippen molar-refractivity contribution in [3.63, 3.8) is 0 Å². The molecule has 1 amide bonds. The Hall–Kier alpha value is -4.53. The van der Waals surface area contributed by atoms with Crippen molar-refractivity contribution in [3.05, 3.63) is 153 Å². The number of ether oxygens (including phenoxy) is 3. The van der Waals surface area contributed by atoms with E-state index < -0.39 is 0 Å². The van der Waals surface area contributed by atoms with Crippen LogP contribution in [0, 0.1) is 13.8 Å². The second kappa shape index (κ2) is 18.8. The zero-order chi connectivity index (χ0) is 35.6. The number of rotatable bonds is 13. The molecule has 0 bridgehead atoms. The van der Waals surface area contributed by atoms with Gasteiger partial charge in [-0.3, -0.25) is 9.69 Å². The Bertz CT molecular complexity index is 1900. The van der Waals surface area contributed by atoms with E-state index in [2.05, 4.69) is 53.2 Å². The summed E-state index contributed by atoms with van der Waals surface area (Å²) in [6.07, 6.45) is 5.89. The zero-order valence-electron chi connectivity index (χ0n) is 29.3. The summed E-state index contributed by atoms with van der Waals surface area (Å²) < 4.78 is 17.7. The van der Waals surface area contributed by atoms with Crippen LogP contribution in [0.3, 0.4) is 0 Å². The van der Waals surface area contributed by atoms with Gasteiger partial charge in [-0.2, -0.15) is 0 Å². The topological polar surface area (TPSA) is 64.1 Å². The van der Waals surface area contributed by atoms with E-state index in [1.54, 1.807) is 36.5 Å². The van der Waals surface area contributed by atoms with Crippen molar-refractivity contribution in [2.24, 2.45) is 0 Å². The average molecular weight is 759 g/mol. The van der Waals surface area contributed by atoms with Crippen LogP contribution in [0.25, 0.3) is 6.08 Å². The normalized spacial score (nSPS) is 13.1. The van der Waals surface area contributed by atoms with Gasteiger partial charge >= 0.3 is 0 Å². The third-order valence-electron chi connectivity index (χ3n) is 8.70. The van der Waals surface area contributed by atoms with Crippen molar-refractivity contribution in [2.45, 2.75) is 33.4 Å². The van der Waals surface area contributed by atoms with Crippen molar-refractivity contribution in [3.8, 4) is 23.1 Å². The molecule has 0 unspecified atom stereocenters. The summed E-state index contributed by atoms with van der Waals surface area (Å²) in [7, 11) is 0. The van der Waals surface area contributed by atoms with Gasteiger partial charge in [0.25, 0.3) is 0 Å². The van der Waals surface area contributed by atoms with Gasteiger partial charge in [0.15, 0.2) is 5.75 Å². The lowest BCUT2D eigenvalue weighted by Crippen LogP contribution is -2.47. The number of halogens is 3. The third kappa shape index (κ3) is 11.2. The minimum atomic E-state index is -0.0106. The van der Waals surface area contributed by atoms with Crippen LogP contribution >= 0.6 is 35.6 Å². The maximum absolute atomic E-state index is 13.0. The first-order chi connectivity index (χ1) is 24.8. The molecule has 0 N–H and O–H groups in total. The molecule has 5 aromatic rings. The van der Waals surface area contributed by atoms with E-state index in [0.29, 0.717) is 53.7 Å². The second-order valence-electron chi connectivity index (χ2n) is 12.7. The molecule has 7 nitrogen and oxygen atoms in total. The van der Waals surface area contributed by atoms with E-state index in [9.17, 15) is 4.79 Å². The first kappa shape index (κ1) is 38.7. The second-order valence-corrected chi connectivity index (χ2v) is 13.5. The van der Waals surface area contributed by atoms with E-state index in [0.717, 1.165) is 48.5 Å². The number of benzene rings is 4. The number of nitrogens with zero attached hydrogens (tertiary/aromatic N) is 3. The molecule has 52 heavy (non-hydrogen) atoms. The van der Waals surface area contributed by atoms with Crippen LogP contribution in [0.4, 0.5) is 0 Å². The predicted molar refractivity (Wildman–Crippen MR) is 211 cm³/mol. The molecule has 0 aliphatic carbocycles. The van der Waals surface area contributed by atoms with Gasteiger partial charge < -0.3 is 19.1 Å². The first-order valence-corrected chi connectivity index (χ1v) is 17.8. The number of aromatic nitrogens is 1. The van der Waals surface area contributed by atoms with Gasteiger partial charge in [0.05, 0.1) is 17.8 Å². The number of pyridine rings is 1. The summed E-state index contributed by atoms with van der Waals surface area (Å²) in [4.78, 5) is 21.7. The van der Waals surface area contributed by atoms with E-state index in [1.165, 1.54) is 16.7 Å². The van der Waals surface area contributed by atoms with Crippen LogP contribution < -0.4 is 14.2 Å². The highest BCUT2D eigenvalue weighted by atomic mass is 35.5. The summed E-state index contributed by atoms with van der Waals surface area (Å²) in [5.41, 5.74) is 6.41.